The molecule has 72 valence electrons. The number of rotatable bonds is 5. The van der Waals surface area contributed by atoms with Gasteiger partial charge >= 0.3 is 0 Å². The van der Waals surface area contributed by atoms with Crippen LogP contribution >= 0.6 is 0 Å². The summed E-state index contributed by atoms with van der Waals surface area (Å²) >= 11 is 0. The molecule has 0 aliphatic carbocycles. The third-order valence-corrected chi connectivity index (χ3v) is 1.87. The molecule has 1 heterocycles. The molecule has 0 atom stereocenters. The lowest BCUT2D eigenvalue weighted by molar-refractivity contribution is 0.706. The average Bonchev–Trinajstić information content (AvgIpc) is 2.19. The Hall–Kier alpha value is -1.16. The Bertz CT molecular complexity index is 224. The first kappa shape index (κ1) is 9.92. The Morgan fingerprint density at radius 2 is 2.38 bits per heavy atom. The zero-order valence-corrected chi connectivity index (χ0v) is 8.20. The molecular weight excluding hydrogens is 164 g/mol. The predicted octanol–water partition coefficient (Wildman–Crippen LogP) is 0.522. The zero-order valence-electron chi connectivity index (χ0n) is 8.20. The highest BCUT2D eigenvalue weighted by Gasteiger charge is 1.99. The van der Waals surface area contributed by atoms with Gasteiger partial charge in [0.25, 0.3) is 0 Å². The van der Waals surface area contributed by atoms with Gasteiger partial charge in [-0.2, -0.15) is 5.10 Å². The SMILES string of the molecule is CNCCCN(C)c1cccnn1. The van der Waals surface area contributed by atoms with E-state index in [1.54, 1.807) is 6.20 Å². The smallest absolute Gasteiger partial charge is 0.150 e. The van der Waals surface area contributed by atoms with Crippen LogP contribution in [0.25, 0.3) is 0 Å². The summed E-state index contributed by atoms with van der Waals surface area (Å²) in [6.45, 7) is 2.03. The van der Waals surface area contributed by atoms with Gasteiger partial charge in [-0.3, -0.25) is 0 Å². The maximum absolute atomic E-state index is 4.01. The standard InChI is InChI=1S/C9H16N4/c1-10-6-4-8-13(2)9-5-3-7-11-12-9/h3,5,7,10H,4,6,8H2,1-2H3. The Morgan fingerprint density at radius 1 is 1.54 bits per heavy atom. The molecule has 1 N–H and O–H groups in total. The summed E-state index contributed by atoms with van der Waals surface area (Å²) < 4.78 is 0. The second-order valence-corrected chi connectivity index (χ2v) is 2.96. The molecule has 1 rings (SSSR count). The minimum Gasteiger partial charge on any atom is -0.358 e. The third-order valence-electron chi connectivity index (χ3n) is 1.87. The summed E-state index contributed by atoms with van der Waals surface area (Å²) in [4.78, 5) is 2.10. The van der Waals surface area contributed by atoms with Crippen LogP contribution in [0.3, 0.4) is 0 Å². The van der Waals surface area contributed by atoms with Gasteiger partial charge in [0.05, 0.1) is 0 Å². The van der Waals surface area contributed by atoms with Gasteiger partial charge in [0.1, 0.15) is 0 Å². The lowest BCUT2D eigenvalue weighted by Gasteiger charge is -2.16. The number of hydrogen-bond donors (Lipinski definition) is 1. The summed E-state index contributed by atoms with van der Waals surface area (Å²) in [5.41, 5.74) is 0. The van der Waals surface area contributed by atoms with Gasteiger partial charge in [-0.05, 0) is 32.1 Å². The van der Waals surface area contributed by atoms with E-state index in [2.05, 4.69) is 20.4 Å². The van der Waals surface area contributed by atoms with Gasteiger partial charge in [0.2, 0.25) is 0 Å². The molecule has 0 amide bonds. The number of anilines is 1. The zero-order chi connectivity index (χ0) is 9.52. The minimum atomic E-state index is 0.929. The minimum absolute atomic E-state index is 0.929. The first-order valence-corrected chi connectivity index (χ1v) is 4.48. The average molecular weight is 180 g/mol. The Morgan fingerprint density at radius 3 is 3.00 bits per heavy atom. The lowest BCUT2D eigenvalue weighted by Crippen LogP contribution is -2.23. The summed E-state index contributed by atoms with van der Waals surface area (Å²) in [5.74, 6) is 0.929. The van der Waals surface area contributed by atoms with Crippen LogP contribution in [-0.2, 0) is 0 Å². The van der Waals surface area contributed by atoms with Crippen LogP contribution in [0.2, 0.25) is 0 Å². The van der Waals surface area contributed by atoms with Crippen LogP contribution in [0, 0.1) is 0 Å². The molecule has 0 radical (unpaired) electrons. The number of nitrogens with zero attached hydrogens (tertiary/aromatic N) is 3. The highest BCUT2D eigenvalue weighted by molar-refractivity contribution is 5.34. The van der Waals surface area contributed by atoms with Crippen molar-refractivity contribution in [3.05, 3.63) is 18.3 Å². The van der Waals surface area contributed by atoms with Gasteiger partial charge in [-0.1, -0.05) is 0 Å². The van der Waals surface area contributed by atoms with Crippen LogP contribution in [0.5, 0.6) is 0 Å². The number of aromatic nitrogens is 2. The van der Waals surface area contributed by atoms with Crippen molar-refractivity contribution in [1.82, 2.24) is 15.5 Å². The molecule has 0 spiro atoms. The first-order valence-electron chi connectivity index (χ1n) is 4.48. The van der Waals surface area contributed by atoms with Crippen molar-refractivity contribution in [3.8, 4) is 0 Å². The van der Waals surface area contributed by atoms with Crippen LogP contribution in [-0.4, -0.2) is 37.4 Å². The fraction of sp³-hybridized carbons (Fsp3) is 0.556. The molecule has 1 aromatic rings. The molecule has 4 nitrogen and oxygen atoms in total. The lowest BCUT2D eigenvalue weighted by atomic mass is 10.4. The fourth-order valence-corrected chi connectivity index (χ4v) is 1.10. The van der Waals surface area contributed by atoms with Crippen molar-refractivity contribution in [2.24, 2.45) is 0 Å². The summed E-state index contributed by atoms with van der Waals surface area (Å²) in [5, 5.41) is 11.0. The van der Waals surface area contributed by atoms with Gasteiger partial charge < -0.3 is 10.2 Å². The van der Waals surface area contributed by atoms with Crippen molar-refractivity contribution in [3.63, 3.8) is 0 Å². The Balaban J connectivity index is 2.35. The maximum atomic E-state index is 4.01. The Labute approximate surface area is 79.0 Å². The molecule has 0 aliphatic rings. The molecule has 0 saturated carbocycles. The number of hydrogen-bond acceptors (Lipinski definition) is 4. The van der Waals surface area contributed by atoms with Crippen LogP contribution in [0.4, 0.5) is 5.82 Å². The summed E-state index contributed by atoms with van der Waals surface area (Å²) in [7, 11) is 3.99. The third kappa shape index (κ3) is 3.38. The molecule has 1 aromatic heterocycles. The van der Waals surface area contributed by atoms with Crippen LogP contribution in [0.1, 0.15) is 6.42 Å². The molecular formula is C9H16N4. The monoisotopic (exact) mass is 180 g/mol. The van der Waals surface area contributed by atoms with Crippen molar-refractivity contribution in [2.45, 2.75) is 6.42 Å². The predicted molar refractivity (Wildman–Crippen MR) is 53.8 cm³/mol. The summed E-state index contributed by atoms with van der Waals surface area (Å²) in [6, 6.07) is 3.86. The van der Waals surface area contributed by atoms with Crippen LogP contribution in [0.15, 0.2) is 18.3 Å². The molecule has 13 heavy (non-hydrogen) atoms. The quantitative estimate of drug-likeness (QED) is 0.671. The first-order chi connectivity index (χ1) is 6.34. The fourth-order valence-electron chi connectivity index (χ4n) is 1.10. The van der Waals surface area contributed by atoms with E-state index in [4.69, 9.17) is 0 Å². The number of nitrogens with one attached hydrogen (secondary N) is 1. The van der Waals surface area contributed by atoms with Crippen molar-refractivity contribution in [1.29, 1.82) is 0 Å². The second kappa shape index (κ2) is 5.48. The van der Waals surface area contributed by atoms with E-state index in [1.807, 2.05) is 26.2 Å². The molecule has 0 unspecified atom stereocenters. The topological polar surface area (TPSA) is 41.0 Å². The van der Waals surface area contributed by atoms with Gasteiger partial charge in [0, 0.05) is 19.8 Å². The van der Waals surface area contributed by atoms with E-state index in [9.17, 15) is 0 Å². The van der Waals surface area contributed by atoms with E-state index >= 15 is 0 Å². The van der Waals surface area contributed by atoms with Gasteiger partial charge in [0.15, 0.2) is 5.82 Å². The van der Waals surface area contributed by atoms with Gasteiger partial charge in [-0.15, -0.1) is 5.10 Å². The van der Waals surface area contributed by atoms with Crippen molar-refractivity contribution >= 4 is 5.82 Å². The van der Waals surface area contributed by atoms with E-state index in [-0.39, 0.29) is 0 Å². The summed E-state index contributed by atoms with van der Waals surface area (Å²) in [6.07, 6.45) is 2.80. The normalized spacial score (nSPS) is 10.0. The molecule has 0 bridgehead atoms. The molecule has 0 aliphatic heterocycles. The molecule has 0 aromatic carbocycles. The van der Waals surface area contributed by atoms with Crippen LogP contribution < -0.4 is 10.2 Å². The highest BCUT2D eigenvalue weighted by atomic mass is 15.2. The maximum Gasteiger partial charge on any atom is 0.150 e. The van der Waals surface area contributed by atoms with E-state index in [0.717, 1.165) is 25.3 Å². The van der Waals surface area contributed by atoms with E-state index in [1.165, 1.54) is 0 Å². The highest BCUT2D eigenvalue weighted by Crippen LogP contribution is 2.04. The van der Waals surface area contributed by atoms with E-state index in [0.29, 0.717) is 0 Å². The van der Waals surface area contributed by atoms with Gasteiger partial charge in [-0.25, -0.2) is 0 Å². The molecule has 4 heteroatoms. The second-order valence-electron chi connectivity index (χ2n) is 2.96. The Kier molecular flexibility index (Phi) is 4.18. The molecule has 0 saturated heterocycles. The van der Waals surface area contributed by atoms with Crippen molar-refractivity contribution < 1.29 is 0 Å². The van der Waals surface area contributed by atoms with E-state index < -0.39 is 0 Å². The molecule has 0 fully saturated rings. The largest absolute Gasteiger partial charge is 0.358 e. The van der Waals surface area contributed by atoms with Crippen molar-refractivity contribution in [2.75, 3.05) is 32.1 Å².